The number of nitrogens with zero attached hydrogens (tertiary/aromatic N) is 2. The second-order valence-electron chi connectivity index (χ2n) is 8.13. The fraction of sp³-hybridized carbons (Fsp3) is 0.478. The number of sulfone groups is 1. The molecule has 0 spiro atoms. The monoisotopic (exact) mass is 477 g/mol. The molecule has 9 nitrogen and oxygen atoms in total. The highest BCUT2D eigenvalue weighted by molar-refractivity contribution is 7.90. The normalized spacial score (nSPS) is 15.8. The van der Waals surface area contributed by atoms with E-state index in [2.05, 4.69) is 4.90 Å². The molecule has 2 N–H and O–H groups in total. The van der Waals surface area contributed by atoms with Crippen LogP contribution >= 0.6 is 0 Å². The maximum Gasteiger partial charge on any atom is 0.252 e. The summed E-state index contributed by atoms with van der Waals surface area (Å²) >= 11 is 0. The van der Waals surface area contributed by atoms with Crippen LogP contribution in [-0.2, 0) is 19.4 Å². The average molecular weight is 478 g/mol. The number of carbonyl (C=O) groups is 1. The Kier molecular flexibility index (Phi) is 8.65. The Labute approximate surface area is 194 Å². The predicted molar refractivity (Wildman–Crippen MR) is 126 cm³/mol. The number of benzene rings is 1. The van der Waals surface area contributed by atoms with Crippen molar-refractivity contribution in [3.05, 3.63) is 52.9 Å². The van der Waals surface area contributed by atoms with Crippen LogP contribution in [0.25, 0.3) is 11.1 Å². The first-order valence-electron chi connectivity index (χ1n) is 11.0. The minimum atomic E-state index is -3.61. The Balaban J connectivity index is 1.61. The summed E-state index contributed by atoms with van der Waals surface area (Å²) in [6.45, 7) is 5.09. The largest absolute Gasteiger partial charge is 0.494 e. The first-order chi connectivity index (χ1) is 15.7. The second kappa shape index (κ2) is 11.4. The van der Waals surface area contributed by atoms with Gasteiger partial charge in [0.1, 0.15) is 11.1 Å². The molecule has 1 amide bonds. The van der Waals surface area contributed by atoms with E-state index in [1.165, 1.54) is 12.3 Å². The molecule has 1 unspecified atom stereocenters. The van der Waals surface area contributed by atoms with E-state index in [0.29, 0.717) is 12.2 Å². The van der Waals surface area contributed by atoms with Gasteiger partial charge < -0.3 is 15.2 Å². The van der Waals surface area contributed by atoms with Crippen molar-refractivity contribution in [2.75, 3.05) is 45.7 Å². The molecule has 1 aliphatic heterocycles. The van der Waals surface area contributed by atoms with Crippen LogP contribution in [0.5, 0.6) is 5.75 Å². The fourth-order valence-corrected chi connectivity index (χ4v) is 4.91. The van der Waals surface area contributed by atoms with Crippen molar-refractivity contribution in [3.63, 3.8) is 0 Å². The maximum atomic E-state index is 12.7. The van der Waals surface area contributed by atoms with Gasteiger partial charge in [-0.15, -0.1) is 0 Å². The van der Waals surface area contributed by atoms with Gasteiger partial charge >= 0.3 is 0 Å². The topological polar surface area (TPSA) is 121 Å². The van der Waals surface area contributed by atoms with Gasteiger partial charge in [0, 0.05) is 44.6 Å². The van der Waals surface area contributed by atoms with Crippen LogP contribution in [-0.4, -0.2) is 69.5 Å². The average Bonchev–Trinajstić information content (AvgIpc) is 2.78. The zero-order valence-electron chi connectivity index (χ0n) is 18.8. The van der Waals surface area contributed by atoms with Crippen molar-refractivity contribution >= 4 is 15.7 Å². The first kappa shape index (κ1) is 24.9. The van der Waals surface area contributed by atoms with Gasteiger partial charge in [0.15, 0.2) is 9.84 Å². The minimum absolute atomic E-state index is 0.0506. The van der Waals surface area contributed by atoms with E-state index < -0.39 is 26.7 Å². The molecule has 10 heteroatoms. The Morgan fingerprint density at radius 1 is 1.15 bits per heavy atom. The molecule has 2 heterocycles. The Morgan fingerprint density at radius 2 is 1.85 bits per heavy atom. The standard InChI is InChI=1S/C23H31N3O6S/c1-33(29,30)23(8-7-21(24)27)26-11-9-19(17-22(26)28)18-3-5-20(6-4-18)32-14-2-10-25-12-15-31-16-13-25/h3-6,9,11,17,23H,2,7-8,10,12-16H2,1H3,(H2,24,27). The number of nitrogens with two attached hydrogens (primary N) is 1. The fourth-order valence-electron chi connectivity index (χ4n) is 3.78. The lowest BCUT2D eigenvalue weighted by molar-refractivity contribution is -0.118. The maximum absolute atomic E-state index is 12.7. The quantitative estimate of drug-likeness (QED) is 0.486. The lowest BCUT2D eigenvalue weighted by atomic mass is 10.1. The van der Waals surface area contributed by atoms with E-state index in [9.17, 15) is 18.0 Å². The summed E-state index contributed by atoms with van der Waals surface area (Å²) in [6, 6.07) is 10.5. The minimum Gasteiger partial charge on any atom is -0.494 e. The number of primary amides is 1. The number of hydrogen-bond donors (Lipinski definition) is 1. The zero-order chi connectivity index (χ0) is 23.8. The van der Waals surface area contributed by atoms with Crippen LogP contribution in [0.15, 0.2) is 47.4 Å². The summed E-state index contributed by atoms with van der Waals surface area (Å²) in [6.07, 6.45) is 3.24. The molecular formula is C23H31N3O6S. The number of amides is 1. The lowest BCUT2D eigenvalue weighted by Crippen LogP contribution is -2.37. The molecule has 1 saturated heterocycles. The highest BCUT2D eigenvalue weighted by atomic mass is 32.2. The van der Waals surface area contributed by atoms with Crippen molar-refractivity contribution in [1.29, 1.82) is 0 Å². The lowest BCUT2D eigenvalue weighted by Gasteiger charge is -2.26. The third kappa shape index (κ3) is 7.41. The van der Waals surface area contributed by atoms with Gasteiger partial charge in [-0.1, -0.05) is 12.1 Å². The van der Waals surface area contributed by atoms with Gasteiger partial charge in [0.2, 0.25) is 5.91 Å². The van der Waals surface area contributed by atoms with E-state index in [1.54, 1.807) is 6.07 Å². The molecular weight excluding hydrogens is 446 g/mol. The van der Waals surface area contributed by atoms with Crippen molar-refractivity contribution in [2.45, 2.75) is 24.6 Å². The van der Waals surface area contributed by atoms with Gasteiger partial charge in [-0.2, -0.15) is 0 Å². The Bertz CT molecular complexity index is 1090. The molecule has 1 atom stereocenters. The predicted octanol–water partition coefficient (Wildman–Crippen LogP) is 1.43. The molecule has 180 valence electrons. The number of aromatic nitrogens is 1. The highest BCUT2D eigenvalue weighted by Gasteiger charge is 2.24. The SMILES string of the molecule is CS(=O)(=O)C(CCC(N)=O)n1ccc(-c2ccc(OCCCN3CCOCC3)cc2)cc1=O. The van der Waals surface area contributed by atoms with Gasteiger partial charge in [-0.3, -0.25) is 19.1 Å². The van der Waals surface area contributed by atoms with E-state index in [4.69, 9.17) is 15.2 Å². The summed E-state index contributed by atoms with van der Waals surface area (Å²) in [5, 5.41) is -1.14. The molecule has 0 bridgehead atoms. The molecule has 1 aliphatic rings. The van der Waals surface area contributed by atoms with Crippen LogP contribution in [0.3, 0.4) is 0 Å². The Morgan fingerprint density at radius 3 is 2.45 bits per heavy atom. The number of carbonyl (C=O) groups excluding carboxylic acids is 1. The summed E-state index contributed by atoms with van der Waals surface area (Å²) in [5.74, 6) is 0.134. The van der Waals surface area contributed by atoms with Crippen molar-refractivity contribution in [2.24, 2.45) is 5.73 Å². The first-order valence-corrected chi connectivity index (χ1v) is 12.9. The van der Waals surface area contributed by atoms with Crippen molar-refractivity contribution in [3.8, 4) is 16.9 Å². The highest BCUT2D eigenvalue weighted by Crippen LogP contribution is 2.23. The van der Waals surface area contributed by atoms with Crippen LogP contribution in [0.4, 0.5) is 0 Å². The van der Waals surface area contributed by atoms with Gasteiger partial charge in [-0.05, 0) is 42.2 Å². The van der Waals surface area contributed by atoms with E-state index in [0.717, 1.165) is 61.4 Å². The summed E-state index contributed by atoms with van der Waals surface area (Å²) in [5.41, 5.74) is 6.16. The number of rotatable bonds is 11. The van der Waals surface area contributed by atoms with E-state index in [1.807, 2.05) is 24.3 Å². The number of morpholine rings is 1. The molecule has 1 aromatic heterocycles. The summed E-state index contributed by atoms with van der Waals surface area (Å²) in [4.78, 5) is 26.1. The van der Waals surface area contributed by atoms with Gasteiger partial charge in [-0.25, -0.2) is 8.42 Å². The van der Waals surface area contributed by atoms with Gasteiger partial charge in [0.25, 0.3) is 5.56 Å². The molecule has 1 fully saturated rings. The third-order valence-electron chi connectivity index (χ3n) is 5.57. The third-order valence-corrected chi connectivity index (χ3v) is 7.02. The van der Waals surface area contributed by atoms with Gasteiger partial charge in [0.05, 0.1) is 19.8 Å². The molecule has 1 aromatic carbocycles. The number of ether oxygens (including phenoxy) is 2. The van der Waals surface area contributed by atoms with E-state index in [-0.39, 0.29) is 12.8 Å². The van der Waals surface area contributed by atoms with Crippen LogP contribution in [0.2, 0.25) is 0 Å². The number of hydrogen-bond acceptors (Lipinski definition) is 7. The zero-order valence-corrected chi connectivity index (χ0v) is 19.6. The summed E-state index contributed by atoms with van der Waals surface area (Å²) in [7, 11) is -3.61. The van der Waals surface area contributed by atoms with Crippen molar-refractivity contribution in [1.82, 2.24) is 9.47 Å². The molecule has 0 aliphatic carbocycles. The Hall–Kier alpha value is -2.69. The molecule has 0 saturated carbocycles. The molecule has 3 rings (SSSR count). The van der Waals surface area contributed by atoms with Crippen LogP contribution in [0.1, 0.15) is 24.6 Å². The van der Waals surface area contributed by atoms with Crippen molar-refractivity contribution < 1.29 is 22.7 Å². The van der Waals surface area contributed by atoms with Crippen LogP contribution in [0, 0.1) is 0 Å². The summed E-state index contributed by atoms with van der Waals surface area (Å²) < 4.78 is 36.6. The molecule has 2 aromatic rings. The molecule has 33 heavy (non-hydrogen) atoms. The van der Waals surface area contributed by atoms with E-state index >= 15 is 0 Å². The molecule has 0 radical (unpaired) electrons. The number of pyridine rings is 1. The van der Waals surface area contributed by atoms with Crippen LogP contribution < -0.4 is 16.0 Å². The second-order valence-corrected chi connectivity index (χ2v) is 10.3. The smallest absolute Gasteiger partial charge is 0.252 e.